The number of aliphatic hydroxyl groups excluding tert-OH is 1. The Morgan fingerprint density at radius 2 is 2.05 bits per heavy atom. The van der Waals surface area contributed by atoms with Crippen LogP contribution in [-0.4, -0.2) is 34.5 Å². The predicted molar refractivity (Wildman–Crippen MR) is 76.0 cm³/mol. The molecule has 104 valence electrons. The van der Waals surface area contributed by atoms with Gasteiger partial charge in [-0.05, 0) is 34.1 Å². The second-order valence-electron chi connectivity index (χ2n) is 3.67. The van der Waals surface area contributed by atoms with E-state index in [1.54, 1.807) is 6.07 Å². The van der Waals surface area contributed by atoms with E-state index in [2.05, 4.69) is 31.9 Å². The minimum atomic E-state index is -1.20. The molecule has 0 spiro atoms. The molecule has 0 aliphatic heterocycles. The second-order valence-corrected chi connectivity index (χ2v) is 5.44. The lowest BCUT2D eigenvalue weighted by molar-refractivity contribution is -0.131. The Morgan fingerprint density at radius 1 is 1.42 bits per heavy atom. The summed E-state index contributed by atoms with van der Waals surface area (Å²) in [6, 6.07) is 3.16. The number of aliphatic carboxylic acids is 1. The first-order valence-electron chi connectivity index (χ1n) is 5.16. The fourth-order valence-electron chi connectivity index (χ4n) is 1.48. The summed E-state index contributed by atoms with van der Waals surface area (Å²) in [6.45, 7) is 0. The lowest BCUT2D eigenvalue weighted by Crippen LogP contribution is -2.19. The van der Waals surface area contributed by atoms with Crippen LogP contribution in [-0.2, 0) is 9.53 Å². The molecule has 0 aliphatic rings. The molecule has 7 heteroatoms. The van der Waals surface area contributed by atoms with Crippen molar-refractivity contribution in [3.05, 3.63) is 38.8 Å². The summed E-state index contributed by atoms with van der Waals surface area (Å²) in [5, 5.41) is 28.6. The fraction of sp³-hybridized carbons (Fsp3) is 0.250. The fourth-order valence-corrected chi connectivity index (χ4v) is 2.74. The summed E-state index contributed by atoms with van der Waals surface area (Å²) in [5.41, 5.74) is 0.225. The van der Waals surface area contributed by atoms with Crippen LogP contribution in [0.5, 0.6) is 5.75 Å². The van der Waals surface area contributed by atoms with E-state index >= 15 is 0 Å². The molecule has 0 saturated heterocycles. The third-order valence-electron chi connectivity index (χ3n) is 2.39. The third kappa shape index (κ3) is 4.31. The molecule has 19 heavy (non-hydrogen) atoms. The standard InChI is InChI=1S/C12H12Br2O5/c1-19-9(2-3-10(15)16)12(18)7-4-6(13)5-8(14)11(7)17/h2-5,9,12,17-18H,1H3,(H,15,16)/b3-2+/t9-,12-/m0/s1. The lowest BCUT2D eigenvalue weighted by Gasteiger charge is -2.20. The molecule has 0 amide bonds. The van der Waals surface area contributed by atoms with E-state index in [-0.39, 0.29) is 11.3 Å². The molecule has 2 atom stereocenters. The smallest absolute Gasteiger partial charge is 0.328 e. The van der Waals surface area contributed by atoms with Gasteiger partial charge < -0.3 is 20.1 Å². The Labute approximate surface area is 126 Å². The second kappa shape index (κ2) is 7.04. The Balaban J connectivity index is 3.10. The topological polar surface area (TPSA) is 87.0 Å². The predicted octanol–water partition coefficient (Wildman–Crippen LogP) is 2.61. The van der Waals surface area contributed by atoms with Crippen LogP contribution >= 0.6 is 31.9 Å². The molecule has 0 fully saturated rings. The zero-order valence-corrected chi connectivity index (χ0v) is 13.1. The van der Waals surface area contributed by atoms with Crippen molar-refractivity contribution in [3.8, 4) is 5.75 Å². The van der Waals surface area contributed by atoms with Crippen LogP contribution in [0.3, 0.4) is 0 Å². The van der Waals surface area contributed by atoms with Gasteiger partial charge in [0, 0.05) is 23.2 Å². The first-order chi connectivity index (χ1) is 8.86. The van der Waals surface area contributed by atoms with Crippen LogP contribution in [0.15, 0.2) is 33.2 Å². The number of aliphatic hydroxyl groups is 1. The van der Waals surface area contributed by atoms with Gasteiger partial charge in [-0.1, -0.05) is 15.9 Å². The molecule has 0 radical (unpaired) electrons. The van der Waals surface area contributed by atoms with Gasteiger partial charge in [0.25, 0.3) is 0 Å². The van der Waals surface area contributed by atoms with E-state index < -0.39 is 18.2 Å². The average molecular weight is 396 g/mol. The van der Waals surface area contributed by atoms with Crippen LogP contribution in [0.4, 0.5) is 0 Å². The molecule has 1 aromatic carbocycles. The van der Waals surface area contributed by atoms with Gasteiger partial charge in [0.05, 0.1) is 4.47 Å². The van der Waals surface area contributed by atoms with Crippen molar-refractivity contribution in [2.45, 2.75) is 12.2 Å². The van der Waals surface area contributed by atoms with Gasteiger partial charge in [0.2, 0.25) is 0 Å². The molecule has 0 bridgehead atoms. The van der Waals surface area contributed by atoms with Crippen molar-refractivity contribution in [3.63, 3.8) is 0 Å². The number of rotatable bonds is 5. The monoisotopic (exact) mass is 394 g/mol. The normalized spacial score (nSPS) is 14.5. The van der Waals surface area contributed by atoms with E-state index in [4.69, 9.17) is 9.84 Å². The van der Waals surface area contributed by atoms with Gasteiger partial charge in [-0.3, -0.25) is 0 Å². The van der Waals surface area contributed by atoms with E-state index in [1.807, 2.05) is 0 Å². The molecule has 0 aliphatic carbocycles. The maximum Gasteiger partial charge on any atom is 0.328 e. The number of hydrogen-bond acceptors (Lipinski definition) is 4. The first-order valence-corrected chi connectivity index (χ1v) is 6.75. The number of carboxylic acid groups (broad SMARTS) is 1. The molecule has 1 rings (SSSR count). The van der Waals surface area contributed by atoms with Crippen LogP contribution in [0.25, 0.3) is 0 Å². The van der Waals surface area contributed by atoms with Crippen molar-refractivity contribution in [2.75, 3.05) is 7.11 Å². The van der Waals surface area contributed by atoms with Crippen molar-refractivity contribution < 1.29 is 24.9 Å². The quantitative estimate of drug-likeness (QED) is 0.667. The number of benzene rings is 1. The molecule has 0 unspecified atom stereocenters. The Bertz CT molecular complexity index is 501. The Hall–Kier alpha value is -0.890. The zero-order chi connectivity index (χ0) is 14.6. The van der Waals surface area contributed by atoms with Crippen molar-refractivity contribution in [1.29, 1.82) is 0 Å². The molecular formula is C12H12Br2O5. The van der Waals surface area contributed by atoms with Gasteiger partial charge in [-0.15, -0.1) is 0 Å². The van der Waals surface area contributed by atoms with Crippen molar-refractivity contribution in [1.82, 2.24) is 0 Å². The molecule has 0 heterocycles. The zero-order valence-electron chi connectivity index (χ0n) is 9.88. The molecule has 3 N–H and O–H groups in total. The number of phenolic OH excluding ortho intramolecular Hbond substituents is 1. The van der Waals surface area contributed by atoms with Gasteiger partial charge in [-0.25, -0.2) is 4.79 Å². The highest BCUT2D eigenvalue weighted by molar-refractivity contribution is 9.11. The highest BCUT2D eigenvalue weighted by atomic mass is 79.9. The van der Waals surface area contributed by atoms with Crippen molar-refractivity contribution in [2.24, 2.45) is 0 Å². The number of phenols is 1. The van der Waals surface area contributed by atoms with Crippen LogP contribution in [0.1, 0.15) is 11.7 Å². The van der Waals surface area contributed by atoms with E-state index in [0.717, 1.165) is 6.08 Å². The Kier molecular flexibility index (Phi) is 5.99. The first kappa shape index (κ1) is 16.2. The third-order valence-corrected chi connectivity index (χ3v) is 3.45. The summed E-state index contributed by atoms with van der Waals surface area (Å²) in [6.07, 6.45) is 0.000469. The van der Waals surface area contributed by atoms with E-state index in [1.165, 1.54) is 19.3 Å². The molecule has 5 nitrogen and oxygen atoms in total. The van der Waals surface area contributed by atoms with E-state index in [0.29, 0.717) is 8.95 Å². The highest BCUT2D eigenvalue weighted by Gasteiger charge is 2.23. The van der Waals surface area contributed by atoms with Crippen LogP contribution < -0.4 is 0 Å². The maximum absolute atomic E-state index is 10.5. The SMILES string of the molecule is CO[C@@H](/C=C/C(=O)O)[C@@H](O)c1cc(Br)cc(Br)c1O. The summed E-state index contributed by atoms with van der Waals surface area (Å²) in [7, 11) is 1.34. The largest absolute Gasteiger partial charge is 0.506 e. The number of aromatic hydroxyl groups is 1. The van der Waals surface area contributed by atoms with Crippen LogP contribution in [0.2, 0.25) is 0 Å². The van der Waals surface area contributed by atoms with Gasteiger partial charge in [0.15, 0.2) is 0 Å². The molecule has 0 aromatic heterocycles. The average Bonchev–Trinajstić information content (AvgIpc) is 2.33. The highest BCUT2D eigenvalue weighted by Crippen LogP contribution is 2.36. The minimum Gasteiger partial charge on any atom is -0.506 e. The maximum atomic E-state index is 10.5. The summed E-state index contributed by atoms with van der Waals surface area (Å²) in [4.78, 5) is 10.5. The van der Waals surface area contributed by atoms with Gasteiger partial charge >= 0.3 is 5.97 Å². The summed E-state index contributed by atoms with van der Waals surface area (Å²) in [5.74, 6) is -1.27. The lowest BCUT2D eigenvalue weighted by atomic mass is 10.0. The number of methoxy groups -OCH3 is 1. The number of carbonyl (C=O) groups is 1. The summed E-state index contributed by atoms with van der Waals surface area (Å²) < 4.78 is 6.08. The van der Waals surface area contributed by atoms with Crippen molar-refractivity contribution >= 4 is 37.8 Å². The summed E-state index contributed by atoms with van der Waals surface area (Å²) >= 11 is 6.40. The number of halogens is 2. The van der Waals surface area contributed by atoms with Crippen LogP contribution in [0, 0.1) is 0 Å². The molecule has 0 saturated carbocycles. The Morgan fingerprint density at radius 3 is 2.58 bits per heavy atom. The van der Waals surface area contributed by atoms with Gasteiger partial charge in [0.1, 0.15) is 18.0 Å². The molecular weight excluding hydrogens is 384 g/mol. The number of ether oxygens (including phenoxy) is 1. The van der Waals surface area contributed by atoms with Gasteiger partial charge in [-0.2, -0.15) is 0 Å². The number of hydrogen-bond donors (Lipinski definition) is 3. The minimum absolute atomic E-state index is 0.124. The number of carboxylic acids is 1. The van der Waals surface area contributed by atoms with E-state index in [9.17, 15) is 15.0 Å². The molecule has 1 aromatic rings.